The molecule has 1 heterocycles. The van der Waals surface area contributed by atoms with E-state index in [2.05, 4.69) is 52.7 Å². The number of rotatable bonds is 17. The third-order valence-electron chi connectivity index (χ3n) is 7.72. The fourth-order valence-electron chi connectivity index (χ4n) is 5.34. The number of ether oxygens (including phenoxy) is 2. The van der Waals surface area contributed by atoms with Gasteiger partial charge in [0.05, 0.1) is 24.4 Å². The van der Waals surface area contributed by atoms with E-state index in [9.17, 15) is 18.9 Å². The summed E-state index contributed by atoms with van der Waals surface area (Å²) in [5.41, 5.74) is 4.28. The van der Waals surface area contributed by atoms with Gasteiger partial charge in [-0.2, -0.15) is 0 Å². The number of pyridine rings is 1. The zero-order chi connectivity index (χ0) is 37.7. The number of aromatic nitrogens is 1. The summed E-state index contributed by atoms with van der Waals surface area (Å²) in [4.78, 5) is 64.2. The third-order valence-corrected chi connectivity index (χ3v) is 8.18. The minimum Gasteiger partial charge on any atom is -0.428 e. The summed E-state index contributed by atoms with van der Waals surface area (Å²) in [6.45, 7) is 12.9. The first-order valence-corrected chi connectivity index (χ1v) is 18.3. The van der Waals surface area contributed by atoms with Crippen LogP contribution in [-0.4, -0.2) is 59.8 Å². The quantitative estimate of drug-likeness (QED) is 0.0617. The number of hydrogen-bond acceptors (Lipinski definition) is 9. The average molecular weight is 728 g/mol. The monoisotopic (exact) mass is 727 g/mol. The molecule has 51 heavy (non-hydrogen) atoms. The van der Waals surface area contributed by atoms with E-state index in [0.717, 1.165) is 34.8 Å². The van der Waals surface area contributed by atoms with Crippen molar-refractivity contribution >= 4 is 48.8 Å². The average Bonchev–Trinajstić information content (AvgIpc) is 3.06. The van der Waals surface area contributed by atoms with E-state index >= 15 is 0 Å². The van der Waals surface area contributed by atoms with Crippen LogP contribution >= 0.6 is 7.82 Å². The lowest BCUT2D eigenvalue weighted by Gasteiger charge is -2.31. The molecule has 2 aromatic carbocycles. The molecule has 0 aliphatic rings. The normalized spacial score (nSPS) is 12.0. The summed E-state index contributed by atoms with van der Waals surface area (Å²) in [7, 11) is -3.41. The number of benzene rings is 2. The SMILES string of the molecule is CCC(CC(=O)OCOC(=O)N(C)c1ncccc1COP(=O)(O)O)c1ccc(N(CC(C)C)CC(C)C)c(NC(=O)Nc2ccc(C)cc2)c1. The van der Waals surface area contributed by atoms with Crippen LogP contribution in [0.1, 0.15) is 70.1 Å². The van der Waals surface area contributed by atoms with Gasteiger partial charge in [-0.05, 0) is 67.0 Å². The number of hydrogen-bond donors (Lipinski definition) is 4. The summed E-state index contributed by atoms with van der Waals surface area (Å²) in [5.74, 6) is -0.0635. The highest BCUT2D eigenvalue weighted by Gasteiger charge is 2.23. The Morgan fingerprint density at radius 1 is 0.941 bits per heavy atom. The van der Waals surface area contributed by atoms with Crippen LogP contribution in [0.25, 0.3) is 0 Å². The fourth-order valence-corrected chi connectivity index (χ4v) is 5.65. The number of nitrogens with zero attached hydrogens (tertiary/aromatic N) is 3. The Labute approximate surface area is 299 Å². The largest absolute Gasteiger partial charge is 0.469 e. The summed E-state index contributed by atoms with van der Waals surface area (Å²) in [6, 6.07) is 16.0. The number of phosphoric ester groups is 1. The van der Waals surface area contributed by atoms with Gasteiger partial charge in [-0.1, -0.05) is 64.4 Å². The molecule has 0 spiro atoms. The van der Waals surface area contributed by atoms with Crippen molar-refractivity contribution < 1.29 is 42.7 Å². The highest BCUT2D eigenvalue weighted by molar-refractivity contribution is 7.46. The van der Waals surface area contributed by atoms with Crippen LogP contribution in [0.3, 0.4) is 0 Å². The predicted molar refractivity (Wildman–Crippen MR) is 197 cm³/mol. The van der Waals surface area contributed by atoms with E-state index in [1.54, 1.807) is 0 Å². The van der Waals surface area contributed by atoms with Crippen molar-refractivity contribution in [1.29, 1.82) is 0 Å². The van der Waals surface area contributed by atoms with Gasteiger partial charge in [0.25, 0.3) is 0 Å². The van der Waals surface area contributed by atoms with Gasteiger partial charge in [0.1, 0.15) is 5.82 Å². The molecule has 4 N–H and O–H groups in total. The van der Waals surface area contributed by atoms with E-state index in [1.165, 1.54) is 25.4 Å². The van der Waals surface area contributed by atoms with Crippen molar-refractivity contribution in [3.05, 3.63) is 77.5 Å². The molecule has 0 radical (unpaired) electrons. The highest BCUT2D eigenvalue weighted by Crippen LogP contribution is 2.38. The van der Waals surface area contributed by atoms with Crippen molar-refractivity contribution in [2.45, 2.75) is 66.9 Å². The third kappa shape index (κ3) is 13.6. The van der Waals surface area contributed by atoms with Crippen LogP contribution in [0, 0.1) is 18.8 Å². The number of nitrogens with one attached hydrogen (secondary N) is 2. The van der Waals surface area contributed by atoms with Crippen molar-refractivity contribution in [2.24, 2.45) is 11.8 Å². The Morgan fingerprint density at radius 3 is 2.22 bits per heavy atom. The number of aryl methyl sites for hydroxylation is 1. The molecule has 0 aliphatic heterocycles. The number of phosphoric acid groups is 1. The van der Waals surface area contributed by atoms with Crippen molar-refractivity contribution in [3.63, 3.8) is 0 Å². The summed E-state index contributed by atoms with van der Waals surface area (Å²) >= 11 is 0. The smallest absolute Gasteiger partial charge is 0.428 e. The molecule has 1 unspecified atom stereocenters. The minimum atomic E-state index is -4.76. The number of anilines is 4. The molecule has 15 heteroatoms. The molecule has 0 saturated heterocycles. The maximum absolute atomic E-state index is 13.2. The zero-order valence-corrected chi connectivity index (χ0v) is 31.2. The van der Waals surface area contributed by atoms with Crippen LogP contribution in [0.15, 0.2) is 60.8 Å². The van der Waals surface area contributed by atoms with Gasteiger partial charge >= 0.3 is 25.9 Å². The molecule has 3 aromatic rings. The Hall–Kier alpha value is -4.49. The van der Waals surface area contributed by atoms with Crippen LogP contribution in [0.2, 0.25) is 0 Å². The molecule has 3 amide bonds. The van der Waals surface area contributed by atoms with Crippen molar-refractivity contribution in [3.8, 4) is 0 Å². The summed E-state index contributed by atoms with van der Waals surface area (Å²) in [5, 5.41) is 5.94. The molecule has 14 nitrogen and oxygen atoms in total. The van der Waals surface area contributed by atoms with Gasteiger partial charge in [-0.25, -0.2) is 19.1 Å². The zero-order valence-electron chi connectivity index (χ0n) is 30.3. The highest BCUT2D eigenvalue weighted by atomic mass is 31.2. The van der Waals surface area contributed by atoms with Crippen LogP contribution in [0.4, 0.5) is 32.5 Å². The molecule has 3 rings (SSSR count). The van der Waals surface area contributed by atoms with E-state index < -0.39 is 39.3 Å². The maximum Gasteiger partial charge on any atom is 0.469 e. The molecular formula is C36H50N5O9P. The van der Waals surface area contributed by atoms with Crippen LogP contribution < -0.4 is 20.4 Å². The first kappa shape index (κ1) is 40.9. The van der Waals surface area contributed by atoms with Gasteiger partial charge < -0.3 is 34.8 Å². The second-order valence-corrected chi connectivity index (χ2v) is 14.3. The lowest BCUT2D eigenvalue weighted by atomic mass is 9.92. The van der Waals surface area contributed by atoms with Crippen molar-refractivity contribution in [2.75, 3.05) is 47.4 Å². The molecule has 0 saturated carbocycles. The maximum atomic E-state index is 13.2. The molecule has 1 aromatic heterocycles. The topological polar surface area (TPSA) is 180 Å². The van der Waals surface area contributed by atoms with Gasteiger partial charge in [0.15, 0.2) is 0 Å². The first-order valence-electron chi connectivity index (χ1n) is 16.8. The second-order valence-electron chi connectivity index (χ2n) is 13.1. The lowest BCUT2D eigenvalue weighted by molar-refractivity contribution is -0.152. The van der Waals surface area contributed by atoms with Gasteiger partial charge in [-0.3, -0.25) is 14.2 Å². The van der Waals surface area contributed by atoms with E-state index in [1.807, 2.05) is 56.3 Å². The molecule has 0 bridgehead atoms. The Morgan fingerprint density at radius 2 is 1.61 bits per heavy atom. The predicted octanol–water partition coefficient (Wildman–Crippen LogP) is 7.42. The molecule has 0 fully saturated rings. The van der Waals surface area contributed by atoms with Gasteiger partial charge in [0.2, 0.25) is 6.79 Å². The Balaban J connectivity index is 1.72. The minimum absolute atomic E-state index is 0.00988. The second kappa shape index (κ2) is 19.2. The molecule has 1 atom stereocenters. The van der Waals surface area contributed by atoms with E-state index in [-0.39, 0.29) is 23.7 Å². The number of amides is 3. The van der Waals surface area contributed by atoms with E-state index in [4.69, 9.17) is 19.3 Å². The Kier molecular flexibility index (Phi) is 15.4. The standard InChI is InChI=1S/C36H50N5O9P/c1-8-27(19-33(42)48-23-49-36(44)40(7)34-29(10-9-17-37-34)22-50-51(45,46)47)28-13-16-32(41(20-24(2)3)21-25(4)5)31(18-28)39-35(43)38-30-14-11-26(6)12-15-30/h9-18,24-25,27H,8,19-23H2,1-7H3,(H2,38,39,43)(H2,45,46,47). The van der Waals surface area contributed by atoms with Crippen molar-refractivity contribution in [1.82, 2.24) is 4.98 Å². The van der Waals surface area contributed by atoms with E-state index in [0.29, 0.717) is 29.6 Å². The first-order chi connectivity index (χ1) is 24.1. The fraction of sp³-hybridized carbons (Fsp3) is 0.444. The number of urea groups is 1. The van der Waals surface area contributed by atoms with Gasteiger partial charge in [-0.15, -0.1) is 0 Å². The number of carbonyl (C=O) groups excluding carboxylic acids is 3. The number of esters is 1. The van der Waals surface area contributed by atoms with Gasteiger partial charge in [0, 0.05) is 37.6 Å². The molecule has 278 valence electrons. The number of carbonyl (C=O) groups is 3. The lowest BCUT2D eigenvalue weighted by Crippen LogP contribution is -2.32. The van der Waals surface area contributed by atoms with Crippen LogP contribution in [-0.2, 0) is 30.0 Å². The molecular weight excluding hydrogens is 677 g/mol. The summed E-state index contributed by atoms with van der Waals surface area (Å²) < 4.78 is 26.0. The van der Waals surface area contributed by atoms with Crippen LogP contribution in [0.5, 0.6) is 0 Å². The molecule has 0 aliphatic carbocycles. The summed E-state index contributed by atoms with van der Waals surface area (Å²) in [6.07, 6.45) is 1.06. The Bertz CT molecular complexity index is 1650.